The molecule has 0 amide bonds. The second kappa shape index (κ2) is 5.21. The number of benzene rings is 1. The molecule has 4 nitrogen and oxygen atoms in total. The van der Waals surface area contributed by atoms with Crippen LogP contribution in [0.1, 0.15) is 44.4 Å². The lowest BCUT2D eigenvalue weighted by molar-refractivity contribution is -0.143. The Morgan fingerprint density at radius 2 is 2.26 bits per heavy atom. The van der Waals surface area contributed by atoms with Gasteiger partial charge in [-0.05, 0) is 26.3 Å². The van der Waals surface area contributed by atoms with Crippen LogP contribution in [0.5, 0.6) is 5.75 Å². The summed E-state index contributed by atoms with van der Waals surface area (Å²) < 4.78 is 10.9. The molecule has 1 aliphatic rings. The Labute approximate surface area is 113 Å². The highest BCUT2D eigenvalue weighted by Crippen LogP contribution is 2.40. The quantitative estimate of drug-likeness (QED) is 0.847. The van der Waals surface area contributed by atoms with E-state index in [1.54, 1.807) is 6.92 Å². The van der Waals surface area contributed by atoms with E-state index < -0.39 is 0 Å². The highest BCUT2D eigenvalue weighted by molar-refractivity contribution is 5.70. The molecule has 1 aromatic carbocycles. The molecule has 1 atom stereocenters. The van der Waals surface area contributed by atoms with Crippen LogP contribution in [-0.2, 0) is 16.0 Å². The molecule has 0 saturated heterocycles. The van der Waals surface area contributed by atoms with Crippen molar-refractivity contribution in [3.8, 4) is 5.75 Å². The minimum Gasteiger partial charge on any atom is -0.487 e. The summed E-state index contributed by atoms with van der Waals surface area (Å²) in [5.41, 5.74) is 7.94. The second-order valence-corrected chi connectivity index (χ2v) is 5.49. The Morgan fingerprint density at radius 3 is 2.95 bits per heavy atom. The Balaban J connectivity index is 2.18. The van der Waals surface area contributed by atoms with Crippen molar-refractivity contribution in [2.75, 3.05) is 6.61 Å². The van der Waals surface area contributed by atoms with Crippen LogP contribution < -0.4 is 10.5 Å². The lowest BCUT2D eigenvalue weighted by Crippen LogP contribution is -2.25. The average molecular weight is 263 g/mol. The van der Waals surface area contributed by atoms with Gasteiger partial charge in [-0.15, -0.1) is 0 Å². The van der Waals surface area contributed by atoms with E-state index in [1.807, 2.05) is 32.0 Å². The van der Waals surface area contributed by atoms with Crippen molar-refractivity contribution in [3.63, 3.8) is 0 Å². The van der Waals surface area contributed by atoms with Crippen LogP contribution in [-0.4, -0.2) is 18.2 Å². The number of nitrogens with two attached hydrogens (primary N) is 1. The van der Waals surface area contributed by atoms with Crippen LogP contribution in [0.2, 0.25) is 0 Å². The minimum atomic E-state index is -0.386. The van der Waals surface area contributed by atoms with Gasteiger partial charge in [0, 0.05) is 18.0 Å². The van der Waals surface area contributed by atoms with E-state index in [0.29, 0.717) is 6.61 Å². The summed E-state index contributed by atoms with van der Waals surface area (Å²) in [5.74, 6) is 0.564. The van der Waals surface area contributed by atoms with Crippen molar-refractivity contribution < 1.29 is 14.3 Å². The van der Waals surface area contributed by atoms with Gasteiger partial charge in [0.2, 0.25) is 0 Å². The molecule has 2 N–H and O–H groups in total. The van der Waals surface area contributed by atoms with Crippen LogP contribution in [0, 0.1) is 0 Å². The fourth-order valence-corrected chi connectivity index (χ4v) is 2.44. The van der Waals surface area contributed by atoms with Gasteiger partial charge in [0.15, 0.2) is 0 Å². The van der Waals surface area contributed by atoms with Crippen molar-refractivity contribution in [1.82, 2.24) is 0 Å². The molecule has 1 aliphatic heterocycles. The van der Waals surface area contributed by atoms with Crippen LogP contribution >= 0.6 is 0 Å². The van der Waals surface area contributed by atoms with Crippen molar-refractivity contribution in [2.24, 2.45) is 5.73 Å². The van der Waals surface area contributed by atoms with Gasteiger partial charge in [0.05, 0.1) is 13.0 Å². The summed E-state index contributed by atoms with van der Waals surface area (Å²) in [6.07, 6.45) is 1.04. The number of rotatable bonds is 4. The predicted octanol–water partition coefficient (Wildman–Crippen LogP) is 2.35. The molecule has 0 spiro atoms. The predicted molar refractivity (Wildman–Crippen MR) is 73.0 cm³/mol. The Hall–Kier alpha value is -1.55. The van der Waals surface area contributed by atoms with Crippen molar-refractivity contribution in [1.29, 1.82) is 0 Å². The fraction of sp³-hybridized carbons (Fsp3) is 0.533. The molecule has 1 aromatic rings. The first kappa shape index (κ1) is 13.9. The third-order valence-electron chi connectivity index (χ3n) is 3.21. The summed E-state index contributed by atoms with van der Waals surface area (Å²) in [5, 5.41) is 0. The molecule has 2 rings (SSSR count). The third kappa shape index (κ3) is 3.07. The molecular weight excluding hydrogens is 242 g/mol. The maximum absolute atomic E-state index is 11.5. The van der Waals surface area contributed by atoms with E-state index in [9.17, 15) is 4.79 Å². The van der Waals surface area contributed by atoms with Crippen molar-refractivity contribution in [3.05, 3.63) is 29.3 Å². The molecule has 0 radical (unpaired) electrons. The number of carbonyl (C=O) groups is 1. The van der Waals surface area contributed by atoms with E-state index in [0.717, 1.165) is 23.3 Å². The van der Waals surface area contributed by atoms with Gasteiger partial charge in [0.1, 0.15) is 11.4 Å². The first-order valence-electron chi connectivity index (χ1n) is 6.65. The molecule has 0 aromatic heterocycles. The number of carbonyl (C=O) groups excluding carboxylic acids is 1. The molecule has 0 fully saturated rings. The Morgan fingerprint density at radius 1 is 1.53 bits per heavy atom. The Kier molecular flexibility index (Phi) is 3.80. The molecule has 104 valence electrons. The summed E-state index contributed by atoms with van der Waals surface area (Å²) in [6, 6.07) is 5.54. The SMILES string of the molecule is CCOC(=O)C[C@@H](N)c1cccc2c1OC(C)(C)C2. The van der Waals surface area contributed by atoms with Crippen LogP contribution in [0.15, 0.2) is 18.2 Å². The average Bonchev–Trinajstić information content (AvgIpc) is 2.62. The molecule has 0 unspecified atom stereocenters. The summed E-state index contributed by atoms with van der Waals surface area (Å²) >= 11 is 0. The fourth-order valence-electron chi connectivity index (χ4n) is 2.44. The third-order valence-corrected chi connectivity index (χ3v) is 3.21. The van der Waals surface area contributed by atoms with Gasteiger partial charge in [-0.3, -0.25) is 4.79 Å². The molecule has 0 aliphatic carbocycles. The number of hydrogen-bond acceptors (Lipinski definition) is 4. The molecule has 1 heterocycles. The summed E-state index contributed by atoms with van der Waals surface area (Å²) in [4.78, 5) is 11.5. The zero-order valence-corrected chi connectivity index (χ0v) is 11.7. The Bertz CT molecular complexity index is 482. The largest absolute Gasteiger partial charge is 0.487 e. The van der Waals surface area contributed by atoms with E-state index in [2.05, 4.69) is 0 Å². The van der Waals surface area contributed by atoms with Crippen molar-refractivity contribution in [2.45, 2.75) is 45.3 Å². The van der Waals surface area contributed by atoms with Gasteiger partial charge in [0.25, 0.3) is 0 Å². The molecule has 4 heteroatoms. The van der Waals surface area contributed by atoms with Gasteiger partial charge in [-0.2, -0.15) is 0 Å². The van der Waals surface area contributed by atoms with E-state index in [-0.39, 0.29) is 24.0 Å². The van der Waals surface area contributed by atoms with Crippen LogP contribution in [0.3, 0.4) is 0 Å². The van der Waals surface area contributed by atoms with E-state index in [4.69, 9.17) is 15.2 Å². The smallest absolute Gasteiger partial charge is 0.307 e. The maximum Gasteiger partial charge on any atom is 0.307 e. The monoisotopic (exact) mass is 263 g/mol. The topological polar surface area (TPSA) is 61.5 Å². The zero-order chi connectivity index (χ0) is 14.0. The summed E-state index contributed by atoms with van der Waals surface area (Å²) in [7, 11) is 0. The normalized spacial score (nSPS) is 17.5. The van der Waals surface area contributed by atoms with E-state index >= 15 is 0 Å². The maximum atomic E-state index is 11.5. The number of fused-ring (bicyclic) bond motifs is 1. The van der Waals surface area contributed by atoms with Gasteiger partial charge in [-0.25, -0.2) is 0 Å². The van der Waals surface area contributed by atoms with E-state index in [1.165, 1.54) is 0 Å². The van der Waals surface area contributed by atoms with Crippen LogP contribution in [0.4, 0.5) is 0 Å². The summed E-state index contributed by atoms with van der Waals surface area (Å²) in [6.45, 7) is 6.26. The highest BCUT2D eigenvalue weighted by Gasteiger charge is 2.33. The molecular formula is C15H21NO3. The first-order valence-corrected chi connectivity index (χ1v) is 6.65. The molecule has 19 heavy (non-hydrogen) atoms. The van der Waals surface area contributed by atoms with Gasteiger partial charge < -0.3 is 15.2 Å². The lowest BCUT2D eigenvalue weighted by Gasteiger charge is -2.20. The number of esters is 1. The highest BCUT2D eigenvalue weighted by atomic mass is 16.5. The van der Waals surface area contributed by atoms with Gasteiger partial charge in [-0.1, -0.05) is 18.2 Å². The minimum absolute atomic E-state index is 0.175. The van der Waals surface area contributed by atoms with Crippen molar-refractivity contribution >= 4 is 5.97 Å². The molecule has 0 saturated carbocycles. The molecule has 0 bridgehead atoms. The lowest BCUT2D eigenvalue weighted by atomic mass is 9.97. The number of hydrogen-bond donors (Lipinski definition) is 1. The van der Waals surface area contributed by atoms with Crippen LogP contribution in [0.25, 0.3) is 0 Å². The standard InChI is InChI=1S/C15H21NO3/c1-4-18-13(17)8-12(16)11-7-5-6-10-9-15(2,3)19-14(10)11/h5-7,12H,4,8-9,16H2,1-3H3/t12-/m1/s1. The number of ether oxygens (including phenoxy) is 2. The van der Waals surface area contributed by atoms with Gasteiger partial charge >= 0.3 is 5.97 Å². The second-order valence-electron chi connectivity index (χ2n) is 5.49. The number of para-hydroxylation sites is 1. The zero-order valence-electron chi connectivity index (χ0n) is 11.7. The first-order chi connectivity index (χ1) is 8.93.